The molecule has 0 bridgehead atoms. The number of hydrogen-bond donors (Lipinski definition) is 2. The number of nitrogens with zero attached hydrogens (tertiary/aromatic N) is 3. The molecule has 0 amide bonds. The van der Waals surface area contributed by atoms with Gasteiger partial charge < -0.3 is 16.0 Å². The predicted molar refractivity (Wildman–Crippen MR) is 97.1 cm³/mol. The van der Waals surface area contributed by atoms with E-state index in [-0.39, 0.29) is 5.96 Å². The summed E-state index contributed by atoms with van der Waals surface area (Å²) in [6, 6.07) is 7.82. The smallest absolute Gasteiger partial charge is 0.186 e. The SMILES string of the molecule is CCn1c(CN=C(N)N)nc(C(C)C)c1Sc1cccc(Cl)c1. The van der Waals surface area contributed by atoms with Crippen LogP contribution in [0.4, 0.5) is 0 Å². The highest BCUT2D eigenvalue weighted by Crippen LogP contribution is 2.35. The number of imidazole rings is 1. The van der Waals surface area contributed by atoms with E-state index in [1.807, 2.05) is 24.3 Å². The summed E-state index contributed by atoms with van der Waals surface area (Å²) in [5.74, 6) is 1.25. The summed E-state index contributed by atoms with van der Waals surface area (Å²) in [5.41, 5.74) is 11.9. The van der Waals surface area contributed by atoms with Crippen molar-refractivity contribution in [2.45, 2.75) is 49.7 Å². The number of aromatic nitrogens is 2. The van der Waals surface area contributed by atoms with Crippen molar-refractivity contribution in [2.75, 3.05) is 0 Å². The lowest BCUT2D eigenvalue weighted by Gasteiger charge is -2.11. The van der Waals surface area contributed by atoms with Crippen LogP contribution in [0.25, 0.3) is 0 Å². The van der Waals surface area contributed by atoms with Crippen molar-refractivity contribution in [1.82, 2.24) is 9.55 Å². The Bertz CT molecular complexity index is 704. The molecule has 0 saturated carbocycles. The fourth-order valence-electron chi connectivity index (χ4n) is 2.24. The molecule has 1 heterocycles. The van der Waals surface area contributed by atoms with Crippen molar-refractivity contribution in [3.05, 3.63) is 40.8 Å². The van der Waals surface area contributed by atoms with Gasteiger partial charge in [0.1, 0.15) is 17.4 Å². The Labute approximate surface area is 146 Å². The molecule has 0 radical (unpaired) electrons. The van der Waals surface area contributed by atoms with Crippen LogP contribution in [0, 0.1) is 0 Å². The second kappa shape index (κ2) is 7.75. The van der Waals surface area contributed by atoms with Gasteiger partial charge in [-0.1, -0.05) is 43.3 Å². The fourth-order valence-corrected chi connectivity index (χ4v) is 3.78. The Balaban J connectivity index is 2.44. The number of nitrogens with two attached hydrogens (primary N) is 2. The van der Waals surface area contributed by atoms with Gasteiger partial charge in [0.25, 0.3) is 0 Å². The van der Waals surface area contributed by atoms with Gasteiger partial charge in [-0.25, -0.2) is 9.98 Å². The highest BCUT2D eigenvalue weighted by Gasteiger charge is 2.19. The van der Waals surface area contributed by atoms with Gasteiger partial charge in [0.15, 0.2) is 5.96 Å². The normalized spacial score (nSPS) is 11.0. The highest BCUT2D eigenvalue weighted by molar-refractivity contribution is 7.99. The van der Waals surface area contributed by atoms with E-state index in [1.165, 1.54) is 0 Å². The van der Waals surface area contributed by atoms with Crippen LogP contribution < -0.4 is 11.5 Å². The monoisotopic (exact) mass is 351 g/mol. The maximum Gasteiger partial charge on any atom is 0.186 e. The van der Waals surface area contributed by atoms with Gasteiger partial charge in [0.2, 0.25) is 0 Å². The lowest BCUT2D eigenvalue weighted by molar-refractivity contribution is 0.645. The second-order valence-corrected chi connectivity index (χ2v) is 6.92. The molecule has 124 valence electrons. The largest absolute Gasteiger partial charge is 0.370 e. The number of halogens is 1. The first kappa shape index (κ1) is 17.7. The molecule has 5 nitrogen and oxygen atoms in total. The molecule has 0 aliphatic heterocycles. The topological polar surface area (TPSA) is 82.2 Å². The van der Waals surface area contributed by atoms with Gasteiger partial charge in [-0.05, 0) is 31.0 Å². The van der Waals surface area contributed by atoms with Crippen LogP contribution in [-0.2, 0) is 13.1 Å². The molecule has 23 heavy (non-hydrogen) atoms. The molecule has 1 aromatic carbocycles. The quantitative estimate of drug-likeness (QED) is 0.615. The van der Waals surface area contributed by atoms with Gasteiger partial charge in [-0.2, -0.15) is 0 Å². The minimum atomic E-state index is 0.0748. The zero-order valence-electron chi connectivity index (χ0n) is 13.6. The van der Waals surface area contributed by atoms with E-state index in [0.717, 1.165) is 33.0 Å². The number of rotatable bonds is 6. The van der Waals surface area contributed by atoms with Crippen molar-refractivity contribution in [2.24, 2.45) is 16.5 Å². The number of hydrogen-bond acceptors (Lipinski definition) is 3. The molecule has 2 aromatic rings. The van der Waals surface area contributed by atoms with Gasteiger partial charge in [0, 0.05) is 16.5 Å². The molecule has 0 spiro atoms. The van der Waals surface area contributed by atoms with Crippen LogP contribution in [0.2, 0.25) is 5.02 Å². The Morgan fingerprint density at radius 3 is 2.70 bits per heavy atom. The van der Waals surface area contributed by atoms with Gasteiger partial charge in [-0.15, -0.1) is 0 Å². The third kappa shape index (κ3) is 4.42. The molecule has 4 N–H and O–H groups in total. The standard InChI is InChI=1S/C16H22ClN5S/c1-4-22-13(9-20-16(18)19)21-14(10(2)3)15(22)23-12-7-5-6-11(17)8-12/h5-8,10H,4,9H2,1-3H3,(H4,18,19,20). The number of aliphatic imine (C=N–C) groups is 1. The maximum atomic E-state index is 6.10. The zero-order valence-corrected chi connectivity index (χ0v) is 15.2. The van der Waals surface area contributed by atoms with Gasteiger partial charge in [-0.3, -0.25) is 0 Å². The van der Waals surface area contributed by atoms with Crippen LogP contribution in [0.1, 0.15) is 38.2 Å². The fraction of sp³-hybridized carbons (Fsp3) is 0.375. The van der Waals surface area contributed by atoms with Crippen LogP contribution in [0.5, 0.6) is 0 Å². The molecule has 0 saturated heterocycles. The Kier molecular flexibility index (Phi) is 5.96. The van der Waals surface area contributed by atoms with Crippen molar-refractivity contribution >= 4 is 29.3 Å². The second-order valence-electron chi connectivity index (χ2n) is 5.42. The molecule has 0 unspecified atom stereocenters. The number of benzene rings is 1. The van der Waals surface area contributed by atoms with E-state index in [4.69, 9.17) is 28.1 Å². The number of guanidine groups is 1. The summed E-state index contributed by atoms with van der Waals surface area (Å²) in [6.45, 7) is 7.54. The van der Waals surface area contributed by atoms with Gasteiger partial charge >= 0.3 is 0 Å². The predicted octanol–water partition coefficient (Wildman–Crippen LogP) is 3.60. The van der Waals surface area contributed by atoms with E-state index in [1.54, 1.807) is 11.8 Å². The molecule has 7 heteroatoms. The molecule has 0 atom stereocenters. The van der Waals surface area contributed by atoms with E-state index in [0.29, 0.717) is 12.5 Å². The van der Waals surface area contributed by atoms with Crippen molar-refractivity contribution < 1.29 is 0 Å². The van der Waals surface area contributed by atoms with E-state index < -0.39 is 0 Å². The first-order valence-electron chi connectivity index (χ1n) is 7.50. The van der Waals surface area contributed by atoms with Gasteiger partial charge in [0.05, 0.1) is 5.69 Å². The van der Waals surface area contributed by atoms with Crippen LogP contribution in [-0.4, -0.2) is 15.5 Å². The zero-order chi connectivity index (χ0) is 17.0. The highest BCUT2D eigenvalue weighted by atomic mass is 35.5. The molecule has 0 aliphatic carbocycles. The summed E-state index contributed by atoms with van der Waals surface area (Å²) >= 11 is 7.76. The summed E-state index contributed by atoms with van der Waals surface area (Å²) in [6.07, 6.45) is 0. The van der Waals surface area contributed by atoms with Crippen molar-refractivity contribution in [3.63, 3.8) is 0 Å². The average molecular weight is 352 g/mol. The van der Waals surface area contributed by atoms with Crippen molar-refractivity contribution in [3.8, 4) is 0 Å². The molecule has 0 aliphatic rings. The molecule has 2 rings (SSSR count). The summed E-state index contributed by atoms with van der Waals surface area (Å²) in [7, 11) is 0. The van der Waals surface area contributed by atoms with Crippen molar-refractivity contribution in [1.29, 1.82) is 0 Å². The Hall–Kier alpha value is -1.66. The molecule has 0 fully saturated rings. The average Bonchev–Trinajstić information content (AvgIpc) is 2.83. The van der Waals surface area contributed by atoms with E-state index >= 15 is 0 Å². The summed E-state index contributed by atoms with van der Waals surface area (Å²) in [4.78, 5) is 9.94. The molecule has 1 aromatic heterocycles. The Morgan fingerprint density at radius 1 is 1.39 bits per heavy atom. The van der Waals surface area contributed by atoms with E-state index in [9.17, 15) is 0 Å². The minimum absolute atomic E-state index is 0.0748. The summed E-state index contributed by atoms with van der Waals surface area (Å²) < 4.78 is 2.16. The molecular formula is C16H22ClN5S. The van der Waals surface area contributed by atoms with Crippen LogP contribution in [0.3, 0.4) is 0 Å². The Morgan fingerprint density at radius 2 is 2.13 bits per heavy atom. The minimum Gasteiger partial charge on any atom is -0.370 e. The maximum absolute atomic E-state index is 6.10. The third-order valence-corrected chi connectivity index (χ3v) is 4.65. The summed E-state index contributed by atoms with van der Waals surface area (Å²) in [5, 5.41) is 1.84. The first-order valence-corrected chi connectivity index (χ1v) is 8.69. The first-order chi connectivity index (χ1) is 10.9. The molecular weight excluding hydrogens is 330 g/mol. The van der Waals surface area contributed by atoms with E-state index in [2.05, 4.69) is 30.3 Å². The van der Waals surface area contributed by atoms with Crippen LogP contribution >= 0.6 is 23.4 Å². The lowest BCUT2D eigenvalue weighted by atomic mass is 10.1. The third-order valence-electron chi connectivity index (χ3n) is 3.30. The van der Waals surface area contributed by atoms with Crippen LogP contribution in [0.15, 0.2) is 39.2 Å². The lowest BCUT2D eigenvalue weighted by Crippen LogP contribution is -2.23.